The summed E-state index contributed by atoms with van der Waals surface area (Å²) in [6, 6.07) is 4.53. The fourth-order valence-electron chi connectivity index (χ4n) is 2.38. The third kappa shape index (κ3) is 1.74. The Kier molecular flexibility index (Phi) is 2.96. The molecule has 0 saturated heterocycles. The van der Waals surface area contributed by atoms with Crippen LogP contribution < -0.4 is 10.1 Å². The third-order valence-corrected chi connectivity index (χ3v) is 3.28. The Hall–Kier alpha value is -1.02. The van der Waals surface area contributed by atoms with Crippen LogP contribution in [0.1, 0.15) is 29.5 Å². The predicted molar refractivity (Wildman–Crippen MR) is 62.7 cm³/mol. The number of hydrogen-bond acceptors (Lipinski definition) is 2. The van der Waals surface area contributed by atoms with Gasteiger partial charge in [-0.2, -0.15) is 0 Å². The van der Waals surface area contributed by atoms with Crippen molar-refractivity contribution in [2.75, 3.05) is 20.7 Å². The summed E-state index contributed by atoms with van der Waals surface area (Å²) in [4.78, 5) is 0. The number of ether oxygens (including phenoxy) is 1. The Bertz CT molecular complexity index is 360. The summed E-state index contributed by atoms with van der Waals surface area (Å²) in [5, 5.41) is 3.25. The van der Waals surface area contributed by atoms with E-state index >= 15 is 0 Å². The van der Waals surface area contributed by atoms with Crippen LogP contribution in [0.4, 0.5) is 0 Å². The van der Waals surface area contributed by atoms with Crippen LogP contribution in [0.25, 0.3) is 0 Å². The van der Waals surface area contributed by atoms with Gasteiger partial charge in [-0.1, -0.05) is 13.0 Å². The van der Waals surface area contributed by atoms with Crippen molar-refractivity contribution >= 4 is 0 Å². The normalized spacial score (nSPS) is 18.2. The number of methoxy groups -OCH3 is 1. The first-order chi connectivity index (χ1) is 7.30. The second-order valence-corrected chi connectivity index (χ2v) is 4.18. The quantitative estimate of drug-likeness (QED) is 0.813. The Labute approximate surface area is 91.6 Å². The molecule has 2 nitrogen and oxygen atoms in total. The summed E-state index contributed by atoms with van der Waals surface area (Å²) in [5.41, 5.74) is 4.31. The van der Waals surface area contributed by atoms with Crippen molar-refractivity contribution < 1.29 is 4.74 Å². The first kappa shape index (κ1) is 10.5. The van der Waals surface area contributed by atoms with E-state index in [1.165, 1.54) is 23.1 Å². The zero-order valence-electron chi connectivity index (χ0n) is 9.76. The zero-order chi connectivity index (χ0) is 10.8. The number of rotatable bonds is 4. The van der Waals surface area contributed by atoms with Gasteiger partial charge in [0.05, 0.1) is 7.11 Å². The van der Waals surface area contributed by atoms with Gasteiger partial charge in [0.2, 0.25) is 0 Å². The lowest BCUT2D eigenvalue weighted by atomic mass is 9.76. The topological polar surface area (TPSA) is 21.3 Å². The Balaban J connectivity index is 2.28. The lowest BCUT2D eigenvalue weighted by Crippen LogP contribution is -2.27. The monoisotopic (exact) mass is 205 g/mol. The third-order valence-electron chi connectivity index (χ3n) is 3.28. The number of likely N-dealkylation sites (N-methyl/N-ethyl adjacent to an activating group) is 1. The summed E-state index contributed by atoms with van der Waals surface area (Å²) in [6.07, 6.45) is 2.24. The van der Waals surface area contributed by atoms with Crippen LogP contribution >= 0.6 is 0 Å². The molecule has 15 heavy (non-hydrogen) atoms. The fourth-order valence-corrected chi connectivity index (χ4v) is 2.38. The molecule has 82 valence electrons. The minimum atomic E-state index is 0.709. The molecule has 1 aliphatic rings. The first-order valence-electron chi connectivity index (χ1n) is 5.64. The second-order valence-electron chi connectivity index (χ2n) is 4.18. The van der Waals surface area contributed by atoms with Crippen LogP contribution in [0, 0.1) is 0 Å². The number of fused-ring (bicyclic) bond motifs is 1. The molecule has 0 radical (unpaired) electrons. The summed E-state index contributed by atoms with van der Waals surface area (Å²) >= 11 is 0. The van der Waals surface area contributed by atoms with Crippen molar-refractivity contribution in [1.29, 1.82) is 0 Å². The number of benzene rings is 1. The Morgan fingerprint density at radius 2 is 2.27 bits per heavy atom. The Morgan fingerprint density at radius 3 is 2.87 bits per heavy atom. The highest BCUT2D eigenvalue weighted by Crippen LogP contribution is 2.38. The van der Waals surface area contributed by atoms with Gasteiger partial charge in [-0.25, -0.2) is 0 Å². The molecule has 2 heteroatoms. The average Bonchev–Trinajstić information content (AvgIpc) is 2.25. The highest BCUT2D eigenvalue weighted by molar-refractivity contribution is 5.49. The number of aryl methyl sites for hydroxylation is 1. The first-order valence-corrected chi connectivity index (χ1v) is 5.64. The van der Waals surface area contributed by atoms with Crippen LogP contribution in [0.3, 0.4) is 0 Å². The molecule has 1 aliphatic carbocycles. The lowest BCUT2D eigenvalue weighted by molar-refractivity contribution is 0.407. The van der Waals surface area contributed by atoms with Gasteiger partial charge in [-0.05, 0) is 42.6 Å². The van der Waals surface area contributed by atoms with Gasteiger partial charge in [0.15, 0.2) is 0 Å². The smallest absolute Gasteiger partial charge is 0.122 e. The van der Waals surface area contributed by atoms with Gasteiger partial charge in [0.25, 0.3) is 0 Å². The number of hydrogen-bond donors (Lipinski definition) is 1. The molecule has 1 aromatic rings. The van der Waals surface area contributed by atoms with Crippen molar-refractivity contribution in [3.05, 3.63) is 28.8 Å². The van der Waals surface area contributed by atoms with Gasteiger partial charge in [-0.3, -0.25) is 0 Å². The highest BCUT2D eigenvalue weighted by atomic mass is 16.5. The van der Waals surface area contributed by atoms with Crippen LogP contribution in [-0.4, -0.2) is 20.7 Å². The molecule has 2 rings (SSSR count). The van der Waals surface area contributed by atoms with Gasteiger partial charge >= 0.3 is 0 Å². The summed E-state index contributed by atoms with van der Waals surface area (Å²) in [5.74, 6) is 1.76. The molecular weight excluding hydrogens is 186 g/mol. The highest BCUT2D eigenvalue weighted by Gasteiger charge is 2.26. The minimum absolute atomic E-state index is 0.709. The Morgan fingerprint density at radius 1 is 1.47 bits per heavy atom. The maximum atomic E-state index is 5.39. The molecule has 0 aromatic heterocycles. The molecule has 0 spiro atoms. The summed E-state index contributed by atoms with van der Waals surface area (Å²) < 4.78 is 5.39. The van der Waals surface area contributed by atoms with E-state index < -0.39 is 0 Å². The summed E-state index contributed by atoms with van der Waals surface area (Å²) in [7, 11) is 3.77. The molecule has 0 bridgehead atoms. The van der Waals surface area contributed by atoms with E-state index in [0.717, 1.165) is 18.7 Å². The van der Waals surface area contributed by atoms with E-state index in [4.69, 9.17) is 4.74 Å². The lowest BCUT2D eigenvalue weighted by Gasteiger charge is -2.31. The van der Waals surface area contributed by atoms with Gasteiger partial charge in [0, 0.05) is 12.5 Å². The van der Waals surface area contributed by atoms with E-state index in [2.05, 4.69) is 24.4 Å². The van der Waals surface area contributed by atoms with Crippen LogP contribution in [0.15, 0.2) is 12.1 Å². The van der Waals surface area contributed by atoms with Crippen molar-refractivity contribution in [3.8, 4) is 5.75 Å². The molecular formula is C13H19NO. The fraction of sp³-hybridized carbons (Fsp3) is 0.538. The molecule has 1 aromatic carbocycles. The summed E-state index contributed by atoms with van der Waals surface area (Å²) in [6.45, 7) is 3.26. The van der Waals surface area contributed by atoms with Crippen molar-refractivity contribution in [2.45, 2.75) is 25.7 Å². The van der Waals surface area contributed by atoms with Crippen molar-refractivity contribution in [1.82, 2.24) is 5.32 Å². The molecule has 0 heterocycles. The van der Waals surface area contributed by atoms with E-state index in [-0.39, 0.29) is 0 Å². The van der Waals surface area contributed by atoms with E-state index in [9.17, 15) is 0 Å². The molecule has 1 atom stereocenters. The SMILES string of the molecule is CCc1cc2c(cc1OC)CC2CNC. The van der Waals surface area contributed by atoms with E-state index in [1.807, 2.05) is 7.05 Å². The maximum absolute atomic E-state index is 5.39. The van der Waals surface area contributed by atoms with E-state index in [1.54, 1.807) is 7.11 Å². The molecule has 1 N–H and O–H groups in total. The second kappa shape index (κ2) is 4.23. The van der Waals surface area contributed by atoms with E-state index in [0.29, 0.717) is 5.92 Å². The molecule has 0 saturated carbocycles. The molecule has 1 unspecified atom stereocenters. The molecule has 0 fully saturated rings. The maximum Gasteiger partial charge on any atom is 0.122 e. The molecule has 0 aliphatic heterocycles. The largest absolute Gasteiger partial charge is 0.496 e. The van der Waals surface area contributed by atoms with Gasteiger partial charge < -0.3 is 10.1 Å². The van der Waals surface area contributed by atoms with Crippen molar-refractivity contribution in [2.24, 2.45) is 0 Å². The average molecular weight is 205 g/mol. The van der Waals surface area contributed by atoms with Crippen LogP contribution in [-0.2, 0) is 12.8 Å². The van der Waals surface area contributed by atoms with Crippen molar-refractivity contribution in [3.63, 3.8) is 0 Å². The van der Waals surface area contributed by atoms with Crippen LogP contribution in [0.2, 0.25) is 0 Å². The standard InChI is InChI=1S/C13H19NO/c1-4-9-6-12-10(7-13(9)15-3)5-11(12)8-14-2/h6-7,11,14H,4-5,8H2,1-3H3. The molecule has 0 amide bonds. The van der Waals surface area contributed by atoms with Crippen LogP contribution in [0.5, 0.6) is 5.75 Å². The minimum Gasteiger partial charge on any atom is -0.496 e. The van der Waals surface area contributed by atoms with Gasteiger partial charge in [-0.15, -0.1) is 0 Å². The predicted octanol–water partition coefficient (Wildman–Crippen LogP) is 2.12. The van der Waals surface area contributed by atoms with Gasteiger partial charge in [0.1, 0.15) is 5.75 Å². The number of nitrogens with one attached hydrogen (secondary N) is 1. The zero-order valence-corrected chi connectivity index (χ0v) is 9.76.